The molecule has 1 saturated carbocycles. The van der Waals surface area contributed by atoms with Crippen LogP contribution in [0.25, 0.3) is 11.0 Å². The molecule has 3 aliphatic rings. The summed E-state index contributed by atoms with van der Waals surface area (Å²) < 4.78 is 27.3. The molecule has 3 fully saturated rings. The van der Waals surface area contributed by atoms with Gasteiger partial charge in [-0.25, -0.2) is 14.2 Å². The average molecular weight is 692 g/mol. The van der Waals surface area contributed by atoms with Crippen molar-refractivity contribution < 1.29 is 28.2 Å². The first kappa shape index (κ1) is 35.6. The number of hydrogen-bond donors (Lipinski definition) is 1. The maximum atomic E-state index is 13.8. The lowest BCUT2D eigenvalue weighted by atomic mass is 9.84. The molecule has 12 nitrogen and oxygen atoms in total. The summed E-state index contributed by atoms with van der Waals surface area (Å²) in [7, 11) is 0. The molecule has 1 aromatic carbocycles. The van der Waals surface area contributed by atoms with Crippen LogP contribution in [0.5, 0.6) is 5.88 Å². The summed E-state index contributed by atoms with van der Waals surface area (Å²) in [6, 6.07) is 7.09. The Morgan fingerprint density at radius 3 is 2.40 bits per heavy atom. The van der Waals surface area contributed by atoms with Gasteiger partial charge in [0, 0.05) is 55.8 Å². The Balaban J connectivity index is 1.18. The fourth-order valence-electron chi connectivity index (χ4n) is 7.36. The van der Waals surface area contributed by atoms with Gasteiger partial charge in [0.1, 0.15) is 18.0 Å². The van der Waals surface area contributed by atoms with Gasteiger partial charge < -0.3 is 28.8 Å². The molecule has 2 saturated heterocycles. The maximum absolute atomic E-state index is 13.8. The van der Waals surface area contributed by atoms with Gasteiger partial charge in [0.15, 0.2) is 0 Å². The van der Waals surface area contributed by atoms with E-state index in [9.17, 15) is 18.8 Å². The smallest absolute Gasteiger partial charge is 0.410 e. The van der Waals surface area contributed by atoms with Crippen LogP contribution < -0.4 is 10.4 Å². The van der Waals surface area contributed by atoms with E-state index in [2.05, 4.69) is 19.9 Å². The predicted molar refractivity (Wildman–Crippen MR) is 186 cm³/mol. The zero-order valence-electron chi connectivity index (χ0n) is 29.7. The number of piperazine rings is 1. The number of likely N-dealkylation sites (tertiary alicyclic amines) is 1. The molecule has 2 aromatic heterocycles. The molecule has 0 spiro atoms. The normalized spacial score (nSPS) is 22.5. The van der Waals surface area contributed by atoms with Gasteiger partial charge in [-0.3, -0.25) is 14.5 Å². The Morgan fingerprint density at radius 2 is 1.72 bits per heavy atom. The summed E-state index contributed by atoms with van der Waals surface area (Å²) in [4.78, 5) is 57.9. The van der Waals surface area contributed by atoms with Crippen molar-refractivity contribution in [3.8, 4) is 5.88 Å². The lowest BCUT2D eigenvalue weighted by molar-refractivity contribution is -0.141. The number of aromatic nitrogens is 3. The van der Waals surface area contributed by atoms with Crippen LogP contribution in [0.2, 0.25) is 0 Å². The number of pyridine rings is 1. The topological polar surface area (TPSA) is 125 Å². The van der Waals surface area contributed by atoms with E-state index in [1.807, 2.05) is 43.2 Å². The van der Waals surface area contributed by atoms with Crippen LogP contribution in [0.4, 0.5) is 9.18 Å². The first-order chi connectivity index (χ1) is 23.9. The molecule has 2 aliphatic heterocycles. The largest absolute Gasteiger partial charge is 0.476 e. The van der Waals surface area contributed by atoms with E-state index in [0.29, 0.717) is 68.9 Å². The lowest BCUT2D eigenvalue weighted by Crippen LogP contribution is -2.57. The van der Waals surface area contributed by atoms with E-state index in [1.165, 1.54) is 43.5 Å². The number of fused-ring (bicyclic) bond motifs is 1. The SMILES string of the molecule is CC1CN(C(=O)OC(C)(C)C)CCN1C(=O)C1CCC(n2/c(=N\C(=O)c3ccc(F)cc3)[nH]c3cnc(OCCN4CCCCC4)cc32)CC1. The van der Waals surface area contributed by atoms with Crippen molar-refractivity contribution in [2.45, 2.75) is 90.3 Å². The van der Waals surface area contributed by atoms with E-state index in [4.69, 9.17) is 9.47 Å². The van der Waals surface area contributed by atoms with Crippen LogP contribution in [0.3, 0.4) is 0 Å². The molecule has 13 heteroatoms. The van der Waals surface area contributed by atoms with Crippen LogP contribution >= 0.6 is 0 Å². The molecule has 0 bridgehead atoms. The highest BCUT2D eigenvalue weighted by molar-refractivity contribution is 5.95. The average Bonchev–Trinajstić information content (AvgIpc) is 3.45. The Kier molecular flexibility index (Phi) is 10.9. The Bertz CT molecular complexity index is 1730. The number of H-pyrrole nitrogens is 1. The summed E-state index contributed by atoms with van der Waals surface area (Å²) in [5, 5.41) is 0. The molecule has 1 atom stereocenters. The fraction of sp³-hybridized carbons (Fsp3) is 0.595. The summed E-state index contributed by atoms with van der Waals surface area (Å²) in [5.41, 5.74) is 1.62. The molecule has 1 N–H and O–H groups in total. The van der Waals surface area contributed by atoms with Crippen molar-refractivity contribution in [2.24, 2.45) is 10.9 Å². The predicted octanol–water partition coefficient (Wildman–Crippen LogP) is 5.31. The van der Waals surface area contributed by atoms with Gasteiger partial charge >= 0.3 is 6.09 Å². The number of imidazole rings is 1. The number of rotatable bonds is 7. The van der Waals surface area contributed by atoms with Crippen molar-refractivity contribution in [1.82, 2.24) is 29.2 Å². The van der Waals surface area contributed by atoms with Gasteiger partial charge in [0.2, 0.25) is 17.4 Å². The third-order valence-electron chi connectivity index (χ3n) is 9.97. The van der Waals surface area contributed by atoms with Crippen molar-refractivity contribution in [3.05, 3.63) is 53.5 Å². The zero-order valence-corrected chi connectivity index (χ0v) is 29.7. The van der Waals surface area contributed by atoms with Gasteiger partial charge in [-0.1, -0.05) is 6.42 Å². The minimum Gasteiger partial charge on any atom is -0.476 e. The Labute approximate surface area is 292 Å². The fourth-order valence-corrected chi connectivity index (χ4v) is 7.36. The highest BCUT2D eigenvalue weighted by Crippen LogP contribution is 2.35. The number of carbonyl (C=O) groups excluding carboxylic acids is 3. The molecule has 1 unspecified atom stereocenters. The zero-order chi connectivity index (χ0) is 35.4. The number of nitrogens with zero attached hydrogens (tertiary/aromatic N) is 6. The van der Waals surface area contributed by atoms with Crippen LogP contribution in [0.15, 0.2) is 41.5 Å². The van der Waals surface area contributed by atoms with Crippen LogP contribution in [0.1, 0.15) is 89.0 Å². The van der Waals surface area contributed by atoms with Crippen molar-refractivity contribution in [1.29, 1.82) is 0 Å². The van der Waals surface area contributed by atoms with E-state index in [0.717, 1.165) is 25.2 Å². The molecule has 3 amide bonds. The summed E-state index contributed by atoms with van der Waals surface area (Å²) in [6.07, 6.45) is 7.84. The number of hydrogen-bond acceptors (Lipinski definition) is 7. The number of piperidine rings is 1. The van der Waals surface area contributed by atoms with Crippen LogP contribution in [0, 0.1) is 11.7 Å². The highest BCUT2D eigenvalue weighted by atomic mass is 19.1. The second-order valence-electron chi connectivity index (χ2n) is 14.8. The van der Waals surface area contributed by atoms with Gasteiger partial charge in [-0.05, 0) is 104 Å². The number of amides is 3. The summed E-state index contributed by atoms with van der Waals surface area (Å²) in [5.74, 6) is -0.425. The summed E-state index contributed by atoms with van der Waals surface area (Å²) >= 11 is 0. The summed E-state index contributed by atoms with van der Waals surface area (Å²) in [6.45, 7) is 12.4. The van der Waals surface area contributed by atoms with Gasteiger partial charge in [0.25, 0.3) is 5.91 Å². The first-order valence-corrected chi connectivity index (χ1v) is 18.0. The molecule has 50 heavy (non-hydrogen) atoms. The number of nitrogens with one attached hydrogen (secondary N) is 1. The maximum Gasteiger partial charge on any atom is 0.410 e. The minimum absolute atomic E-state index is 0.0300. The number of carbonyl (C=O) groups is 3. The third-order valence-corrected chi connectivity index (χ3v) is 9.97. The van der Waals surface area contributed by atoms with Crippen molar-refractivity contribution >= 4 is 28.9 Å². The van der Waals surface area contributed by atoms with E-state index in [1.54, 1.807) is 11.1 Å². The van der Waals surface area contributed by atoms with Crippen LogP contribution in [-0.2, 0) is 9.53 Å². The van der Waals surface area contributed by atoms with Crippen molar-refractivity contribution in [2.75, 3.05) is 45.9 Å². The van der Waals surface area contributed by atoms with Gasteiger partial charge in [-0.15, -0.1) is 0 Å². The standard InChI is InChI=1S/C37H50FN7O5/c1-25-24-43(36(48)50-37(2,3)4)18-19-44(25)34(47)27-10-14-29(15-11-27)45-31-22-32(49-21-20-42-16-6-5-7-17-42)39-23-30(31)40-35(45)41-33(46)26-8-12-28(38)13-9-26/h8-9,12-13,22-23,25,27,29H,5-7,10-11,14-21,24H2,1-4H3,(H,40,41,46). The van der Waals surface area contributed by atoms with Crippen molar-refractivity contribution in [3.63, 3.8) is 0 Å². The quantitative estimate of drug-likeness (QED) is 0.356. The Morgan fingerprint density at radius 1 is 1.00 bits per heavy atom. The first-order valence-electron chi connectivity index (χ1n) is 18.0. The minimum atomic E-state index is -0.575. The van der Waals surface area contributed by atoms with Crippen LogP contribution in [-0.4, -0.2) is 105 Å². The molecule has 1 aliphatic carbocycles. The Hall–Kier alpha value is -4.26. The number of halogens is 1. The van der Waals surface area contributed by atoms with Gasteiger partial charge in [-0.2, -0.15) is 4.99 Å². The third kappa shape index (κ3) is 8.54. The lowest BCUT2D eigenvalue weighted by Gasteiger charge is -2.42. The molecule has 4 heterocycles. The monoisotopic (exact) mass is 691 g/mol. The molecule has 6 rings (SSSR count). The molecule has 0 radical (unpaired) electrons. The highest BCUT2D eigenvalue weighted by Gasteiger charge is 2.37. The van der Waals surface area contributed by atoms with E-state index < -0.39 is 17.3 Å². The second-order valence-corrected chi connectivity index (χ2v) is 14.8. The van der Waals surface area contributed by atoms with Gasteiger partial charge in [0.05, 0.1) is 17.2 Å². The molecule has 3 aromatic rings. The number of ether oxygens (including phenoxy) is 2. The molecule has 270 valence electrons. The molecular weight excluding hydrogens is 641 g/mol. The van der Waals surface area contributed by atoms with E-state index >= 15 is 0 Å². The number of benzene rings is 1. The molecular formula is C37H50FN7O5. The number of aromatic amines is 1. The van der Waals surface area contributed by atoms with E-state index in [-0.39, 0.29) is 35.6 Å². The second kappa shape index (κ2) is 15.3.